The van der Waals surface area contributed by atoms with E-state index in [1.807, 2.05) is 7.05 Å². The van der Waals surface area contributed by atoms with E-state index in [-0.39, 0.29) is 5.91 Å². The molecule has 0 spiro atoms. The van der Waals surface area contributed by atoms with Crippen molar-refractivity contribution in [3.63, 3.8) is 0 Å². The Labute approximate surface area is 144 Å². The second-order valence-corrected chi connectivity index (χ2v) is 7.20. The molecule has 5 nitrogen and oxygen atoms in total. The van der Waals surface area contributed by atoms with Crippen LogP contribution in [0.2, 0.25) is 0 Å². The van der Waals surface area contributed by atoms with Crippen LogP contribution < -0.4 is 10.2 Å². The third kappa shape index (κ3) is 4.71. The molecule has 1 aliphatic heterocycles. The van der Waals surface area contributed by atoms with Gasteiger partial charge in [-0.15, -0.1) is 0 Å². The number of piperidine rings is 1. The van der Waals surface area contributed by atoms with Gasteiger partial charge in [-0.2, -0.15) is 0 Å². The molecular formula is C19H29N3O2. The number of rotatable bonds is 7. The third-order valence-corrected chi connectivity index (χ3v) is 5.23. The van der Waals surface area contributed by atoms with E-state index in [9.17, 15) is 9.90 Å². The Morgan fingerprint density at radius 2 is 1.88 bits per heavy atom. The predicted molar refractivity (Wildman–Crippen MR) is 96.0 cm³/mol. The number of hydrogen-bond acceptors (Lipinski definition) is 4. The molecule has 24 heavy (non-hydrogen) atoms. The number of likely N-dealkylation sites (N-methyl/N-ethyl adjacent to an activating group) is 1. The van der Waals surface area contributed by atoms with Gasteiger partial charge in [0, 0.05) is 38.0 Å². The highest BCUT2D eigenvalue weighted by Crippen LogP contribution is 2.25. The smallest absolute Gasteiger partial charge is 0.234 e. The largest absolute Gasteiger partial charge is 0.396 e. The van der Waals surface area contributed by atoms with E-state index in [0.717, 1.165) is 31.5 Å². The number of anilines is 1. The van der Waals surface area contributed by atoms with Crippen molar-refractivity contribution in [2.75, 3.05) is 38.2 Å². The molecule has 5 heteroatoms. The standard InChI is InChI=1S/C19H29N3O2/c1-21(17-6-7-17)13-19(24)20-12-15-2-4-18(5-3-15)22-10-8-16(14-23)9-11-22/h2-5,16-17,23H,6-14H2,1H3,(H,20,24). The number of carbonyl (C=O) groups excluding carboxylic acids is 1. The fraction of sp³-hybridized carbons (Fsp3) is 0.632. The predicted octanol–water partition coefficient (Wildman–Crippen LogP) is 1.61. The molecule has 0 radical (unpaired) electrons. The van der Waals surface area contributed by atoms with Gasteiger partial charge in [0.2, 0.25) is 5.91 Å². The van der Waals surface area contributed by atoms with Gasteiger partial charge >= 0.3 is 0 Å². The molecule has 0 atom stereocenters. The van der Waals surface area contributed by atoms with Gasteiger partial charge in [-0.1, -0.05) is 12.1 Å². The lowest BCUT2D eigenvalue weighted by molar-refractivity contribution is -0.122. The zero-order chi connectivity index (χ0) is 16.9. The van der Waals surface area contributed by atoms with E-state index in [2.05, 4.69) is 39.4 Å². The summed E-state index contributed by atoms with van der Waals surface area (Å²) in [6.07, 6.45) is 4.56. The SMILES string of the molecule is CN(CC(=O)NCc1ccc(N2CCC(CO)CC2)cc1)C1CC1. The molecule has 1 heterocycles. The molecule has 1 amide bonds. The first-order chi connectivity index (χ1) is 11.7. The van der Waals surface area contributed by atoms with E-state index in [1.165, 1.54) is 18.5 Å². The van der Waals surface area contributed by atoms with E-state index in [4.69, 9.17) is 0 Å². The molecule has 1 saturated carbocycles. The van der Waals surface area contributed by atoms with Crippen molar-refractivity contribution in [2.45, 2.75) is 38.3 Å². The van der Waals surface area contributed by atoms with Crippen LogP contribution in [0.15, 0.2) is 24.3 Å². The molecule has 0 bridgehead atoms. The molecule has 1 aromatic carbocycles. The molecule has 2 N–H and O–H groups in total. The van der Waals surface area contributed by atoms with Crippen molar-refractivity contribution < 1.29 is 9.90 Å². The first-order valence-corrected chi connectivity index (χ1v) is 9.07. The summed E-state index contributed by atoms with van der Waals surface area (Å²) < 4.78 is 0. The minimum absolute atomic E-state index is 0.0968. The maximum absolute atomic E-state index is 12.0. The highest BCUT2D eigenvalue weighted by Gasteiger charge is 2.27. The monoisotopic (exact) mass is 331 g/mol. The second kappa shape index (κ2) is 7.99. The number of amides is 1. The Morgan fingerprint density at radius 1 is 1.21 bits per heavy atom. The topological polar surface area (TPSA) is 55.8 Å². The normalized spacial score (nSPS) is 18.9. The Bertz CT molecular complexity index is 534. The number of aliphatic hydroxyl groups is 1. The summed E-state index contributed by atoms with van der Waals surface area (Å²) in [7, 11) is 2.02. The first kappa shape index (κ1) is 17.2. The molecule has 1 saturated heterocycles. The lowest BCUT2D eigenvalue weighted by Crippen LogP contribution is -2.36. The van der Waals surface area contributed by atoms with Crippen LogP contribution in [-0.2, 0) is 11.3 Å². The fourth-order valence-corrected chi connectivity index (χ4v) is 3.33. The average Bonchev–Trinajstić information content (AvgIpc) is 3.46. The molecule has 1 aliphatic carbocycles. The van der Waals surface area contributed by atoms with Gasteiger partial charge in [-0.3, -0.25) is 9.69 Å². The Morgan fingerprint density at radius 3 is 2.46 bits per heavy atom. The third-order valence-electron chi connectivity index (χ3n) is 5.23. The molecule has 0 aromatic heterocycles. The average molecular weight is 331 g/mol. The van der Waals surface area contributed by atoms with Crippen LogP contribution in [0.1, 0.15) is 31.2 Å². The number of aliphatic hydroxyl groups excluding tert-OH is 1. The molecular weight excluding hydrogens is 302 g/mol. The fourth-order valence-electron chi connectivity index (χ4n) is 3.33. The lowest BCUT2D eigenvalue weighted by atomic mass is 9.97. The number of benzene rings is 1. The van der Waals surface area contributed by atoms with E-state index in [0.29, 0.717) is 31.7 Å². The quantitative estimate of drug-likeness (QED) is 0.797. The number of nitrogens with one attached hydrogen (secondary N) is 1. The van der Waals surface area contributed by atoms with Crippen LogP contribution in [0.4, 0.5) is 5.69 Å². The lowest BCUT2D eigenvalue weighted by Gasteiger charge is -2.33. The first-order valence-electron chi connectivity index (χ1n) is 9.07. The van der Waals surface area contributed by atoms with Crippen molar-refractivity contribution in [3.05, 3.63) is 29.8 Å². The van der Waals surface area contributed by atoms with E-state index < -0.39 is 0 Å². The Balaban J connectivity index is 1.43. The van der Waals surface area contributed by atoms with E-state index in [1.54, 1.807) is 0 Å². The summed E-state index contributed by atoms with van der Waals surface area (Å²) in [5.41, 5.74) is 2.36. The highest BCUT2D eigenvalue weighted by atomic mass is 16.3. The molecule has 2 aliphatic rings. The summed E-state index contributed by atoms with van der Waals surface area (Å²) >= 11 is 0. The minimum Gasteiger partial charge on any atom is -0.396 e. The Hall–Kier alpha value is -1.59. The van der Waals surface area contributed by atoms with Gasteiger partial charge in [0.1, 0.15) is 0 Å². The van der Waals surface area contributed by atoms with Crippen LogP contribution in [0.25, 0.3) is 0 Å². The molecule has 1 aromatic rings. The molecule has 132 valence electrons. The van der Waals surface area contributed by atoms with Gasteiger partial charge in [-0.05, 0) is 56.3 Å². The summed E-state index contributed by atoms with van der Waals surface area (Å²) in [5.74, 6) is 0.559. The van der Waals surface area contributed by atoms with E-state index >= 15 is 0 Å². The Kier molecular flexibility index (Phi) is 5.74. The zero-order valence-electron chi connectivity index (χ0n) is 14.6. The van der Waals surface area contributed by atoms with Gasteiger partial charge in [0.15, 0.2) is 0 Å². The highest BCUT2D eigenvalue weighted by molar-refractivity contribution is 5.78. The molecule has 0 unspecified atom stereocenters. The van der Waals surface area contributed by atoms with Crippen LogP contribution in [0.3, 0.4) is 0 Å². The van der Waals surface area contributed by atoms with Crippen molar-refractivity contribution in [1.29, 1.82) is 0 Å². The maximum atomic E-state index is 12.0. The van der Waals surface area contributed by atoms with Crippen LogP contribution in [-0.4, -0.2) is 55.2 Å². The zero-order valence-corrected chi connectivity index (χ0v) is 14.6. The molecule has 2 fully saturated rings. The van der Waals surface area contributed by atoms with Crippen molar-refractivity contribution >= 4 is 11.6 Å². The number of hydrogen-bond donors (Lipinski definition) is 2. The van der Waals surface area contributed by atoms with Gasteiger partial charge in [0.05, 0.1) is 6.54 Å². The maximum Gasteiger partial charge on any atom is 0.234 e. The number of carbonyl (C=O) groups is 1. The number of nitrogens with zero attached hydrogens (tertiary/aromatic N) is 2. The summed E-state index contributed by atoms with van der Waals surface area (Å²) in [6.45, 7) is 3.40. The summed E-state index contributed by atoms with van der Waals surface area (Å²) in [4.78, 5) is 16.5. The van der Waals surface area contributed by atoms with Crippen LogP contribution in [0.5, 0.6) is 0 Å². The van der Waals surface area contributed by atoms with Crippen molar-refractivity contribution in [2.24, 2.45) is 5.92 Å². The van der Waals surface area contributed by atoms with Crippen molar-refractivity contribution in [1.82, 2.24) is 10.2 Å². The second-order valence-electron chi connectivity index (χ2n) is 7.20. The van der Waals surface area contributed by atoms with Crippen LogP contribution in [0, 0.1) is 5.92 Å². The van der Waals surface area contributed by atoms with Crippen LogP contribution >= 0.6 is 0 Å². The molecule has 3 rings (SSSR count). The van der Waals surface area contributed by atoms with Gasteiger partial charge < -0.3 is 15.3 Å². The summed E-state index contributed by atoms with van der Waals surface area (Å²) in [6, 6.07) is 9.08. The van der Waals surface area contributed by atoms with Gasteiger partial charge in [0.25, 0.3) is 0 Å². The van der Waals surface area contributed by atoms with Gasteiger partial charge in [-0.25, -0.2) is 0 Å². The minimum atomic E-state index is 0.0968. The van der Waals surface area contributed by atoms with Crippen molar-refractivity contribution in [3.8, 4) is 0 Å². The summed E-state index contributed by atoms with van der Waals surface area (Å²) in [5, 5.41) is 12.2.